The summed E-state index contributed by atoms with van der Waals surface area (Å²) in [5, 5.41) is 2.76. The zero-order valence-electron chi connectivity index (χ0n) is 8.45. The number of pyridine rings is 1. The standard InChI is InChI=1S/C10H15N3O/c1-3-7(2)10(14)13-8-4-5-9(11)12-6-8/h4-7H,3H2,1-2H3,(H2,11,12)(H,13,14). The van der Waals surface area contributed by atoms with Gasteiger partial charge in [-0.2, -0.15) is 0 Å². The zero-order valence-corrected chi connectivity index (χ0v) is 8.45. The van der Waals surface area contributed by atoms with E-state index in [1.165, 1.54) is 0 Å². The number of amides is 1. The lowest BCUT2D eigenvalue weighted by Crippen LogP contribution is -2.19. The van der Waals surface area contributed by atoms with Crippen LogP contribution in [0.1, 0.15) is 20.3 Å². The van der Waals surface area contributed by atoms with Gasteiger partial charge in [-0.1, -0.05) is 13.8 Å². The summed E-state index contributed by atoms with van der Waals surface area (Å²) in [4.78, 5) is 15.3. The summed E-state index contributed by atoms with van der Waals surface area (Å²) < 4.78 is 0. The second-order valence-electron chi connectivity index (χ2n) is 3.27. The van der Waals surface area contributed by atoms with Crippen LogP contribution in [0.5, 0.6) is 0 Å². The van der Waals surface area contributed by atoms with E-state index < -0.39 is 0 Å². The summed E-state index contributed by atoms with van der Waals surface area (Å²) in [7, 11) is 0. The van der Waals surface area contributed by atoms with Crippen molar-refractivity contribution in [3.05, 3.63) is 18.3 Å². The average Bonchev–Trinajstić information content (AvgIpc) is 2.20. The number of nitrogens with one attached hydrogen (secondary N) is 1. The summed E-state index contributed by atoms with van der Waals surface area (Å²) in [6.07, 6.45) is 2.38. The molecule has 0 aliphatic carbocycles. The van der Waals surface area contributed by atoms with Crippen LogP contribution in [-0.2, 0) is 4.79 Å². The van der Waals surface area contributed by atoms with Crippen molar-refractivity contribution in [2.45, 2.75) is 20.3 Å². The van der Waals surface area contributed by atoms with Gasteiger partial charge in [-0.25, -0.2) is 4.98 Å². The Morgan fingerprint density at radius 1 is 1.64 bits per heavy atom. The van der Waals surface area contributed by atoms with Crippen molar-refractivity contribution in [3.63, 3.8) is 0 Å². The minimum absolute atomic E-state index is 0.0130. The largest absolute Gasteiger partial charge is 0.384 e. The minimum Gasteiger partial charge on any atom is -0.384 e. The molecule has 0 spiro atoms. The van der Waals surface area contributed by atoms with Gasteiger partial charge < -0.3 is 11.1 Å². The Morgan fingerprint density at radius 3 is 2.86 bits per heavy atom. The fourth-order valence-electron chi connectivity index (χ4n) is 0.930. The lowest BCUT2D eigenvalue weighted by atomic mass is 10.1. The SMILES string of the molecule is CCC(C)C(=O)Nc1ccc(N)nc1. The fourth-order valence-corrected chi connectivity index (χ4v) is 0.930. The van der Waals surface area contributed by atoms with E-state index in [4.69, 9.17) is 5.73 Å². The van der Waals surface area contributed by atoms with Gasteiger partial charge in [0.2, 0.25) is 5.91 Å². The molecule has 0 saturated heterocycles. The molecule has 14 heavy (non-hydrogen) atoms. The topological polar surface area (TPSA) is 68.0 Å². The Hall–Kier alpha value is -1.58. The van der Waals surface area contributed by atoms with Gasteiger partial charge in [-0.15, -0.1) is 0 Å². The summed E-state index contributed by atoms with van der Waals surface area (Å²) in [5.74, 6) is 0.484. The molecule has 0 aromatic carbocycles. The van der Waals surface area contributed by atoms with Gasteiger partial charge in [-0.05, 0) is 18.6 Å². The monoisotopic (exact) mass is 193 g/mol. The van der Waals surface area contributed by atoms with Crippen LogP contribution in [0.2, 0.25) is 0 Å². The number of rotatable bonds is 3. The third-order valence-corrected chi connectivity index (χ3v) is 2.11. The van der Waals surface area contributed by atoms with Crippen molar-refractivity contribution in [2.75, 3.05) is 11.1 Å². The number of hydrogen-bond donors (Lipinski definition) is 2. The molecule has 1 aromatic rings. The van der Waals surface area contributed by atoms with E-state index in [9.17, 15) is 4.79 Å². The summed E-state index contributed by atoms with van der Waals surface area (Å²) in [5.41, 5.74) is 6.10. The van der Waals surface area contributed by atoms with E-state index in [-0.39, 0.29) is 11.8 Å². The van der Waals surface area contributed by atoms with Gasteiger partial charge in [0.25, 0.3) is 0 Å². The van der Waals surface area contributed by atoms with Crippen LogP contribution < -0.4 is 11.1 Å². The molecule has 1 amide bonds. The van der Waals surface area contributed by atoms with Crippen LogP contribution in [0.4, 0.5) is 11.5 Å². The first-order valence-corrected chi connectivity index (χ1v) is 4.66. The van der Waals surface area contributed by atoms with Gasteiger partial charge in [-0.3, -0.25) is 4.79 Å². The predicted molar refractivity (Wildman–Crippen MR) is 56.7 cm³/mol. The maximum atomic E-state index is 11.5. The predicted octanol–water partition coefficient (Wildman–Crippen LogP) is 1.65. The molecule has 76 valence electrons. The molecule has 1 unspecified atom stereocenters. The highest BCUT2D eigenvalue weighted by Gasteiger charge is 2.09. The molecule has 1 rings (SSSR count). The maximum Gasteiger partial charge on any atom is 0.227 e. The van der Waals surface area contributed by atoms with E-state index in [2.05, 4.69) is 10.3 Å². The highest BCUT2D eigenvalue weighted by atomic mass is 16.1. The molecule has 0 radical (unpaired) electrons. The van der Waals surface area contributed by atoms with E-state index in [0.29, 0.717) is 11.5 Å². The minimum atomic E-state index is 0.0130. The van der Waals surface area contributed by atoms with Crippen LogP contribution >= 0.6 is 0 Å². The highest BCUT2D eigenvalue weighted by molar-refractivity contribution is 5.92. The van der Waals surface area contributed by atoms with Gasteiger partial charge in [0, 0.05) is 5.92 Å². The van der Waals surface area contributed by atoms with Gasteiger partial charge in [0.05, 0.1) is 11.9 Å². The summed E-state index contributed by atoms with van der Waals surface area (Å²) in [6, 6.07) is 3.40. The van der Waals surface area contributed by atoms with Gasteiger partial charge in [0.15, 0.2) is 0 Å². The van der Waals surface area contributed by atoms with Crippen LogP contribution in [0, 0.1) is 5.92 Å². The van der Waals surface area contributed by atoms with E-state index >= 15 is 0 Å². The number of nitrogens with two attached hydrogens (primary N) is 1. The van der Waals surface area contributed by atoms with Crippen LogP contribution in [-0.4, -0.2) is 10.9 Å². The quantitative estimate of drug-likeness (QED) is 0.766. The van der Waals surface area contributed by atoms with Crippen molar-refractivity contribution in [2.24, 2.45) is 5.92 Å². The number of carbonyl (C=O) groups is 1. The zero-order chi connectivity index (χ0) is 10.6. The number of anilines is 2. The molecule has 1 aromatic heterocycles. The van der Waals surface area contributed by atoms with Crippen molar-refractivity contribution in [1.29, 1.82) is 0 Å². The molecule has 4 heteroatoms. The first kappa shape index (κ1) is 10.5. The van der Waals surface area contributed by atoms with Gasteiger partial charge in [0.1, 0.15) is 5.82 Å². The molecule has 0 saturated carbocycles. The summed E-state index contributed by atoms with van der Waals surface area (Å²) in [6.45, 7) is 3.87. The normalized spacial score (nSPS) is 12.1. The van der Waals surface area contributed by atoms with Crippen LogP contribution in [0.3, 0.4) is 0 Å². The van der Waals surface area contributed by atoms with Crippen LogP contribution in [0.25, 0.3) is 0 Å². The number of nitrogen functional groups attached to an aromatic ring is 1. The Bertz CT molecular complexity index is 308. The molecular weight excluding hydrogens is 178 g/mol. The number of carbonyl (C=O) groups excluding carboxylic acids is 1. The lowest BCUT2D eigenvalue weighted by molar-refractivity contribution is -0.119. The van der Waals surface area contributed by atoms with E-state index in [1.54, 1.807) is 18.3 Å². The van der Waals surface area contributed by atoms with E-state index in [0.717, 1.165) is 6.42 Å². The third-order valence-electron chi connectivity index (χ3n) is 2.11. The Labute approximate surface area is 83.5 Å². The molecule has 3 N–H and O–H groups in total. The molecule has 0 aliphatic heterocycles. The molecule has 0 fully saturated rings. The highest BCUT2D eigenvalue weighted by Crippen LogP contribution is 2.10. The van der Waals surface area contributed by atoms with Crippen LogP contribution in [0.15, 0.2) is 18.3 Å². The first-order chi connectivity index (χ1) is 6.63. The number of nitrogens with zero attached hydrogens (tertiary/aromatic N) is 1. The smallest absolute Gasteiger partial charge is 0.227 e. The second kappa shape index (κ2) is 4.60. The molecule has 0 aliphatic rings. The molecule has 1 heterocycles. The Kier molecular flexibility index (Phi) is 3.45. The second-order valence-corrected chi connectivity index (χ2v) is 3.27. The average molecular weight is 193 g/mol. The molecule has 4 nitrogen and oxygen atoms in total. The van der Waals surface area contributed by atoms with Crippen molar-refractivity contribution in [3.8, 4) is 0 Å². The number of hydrogen-bond acceptors (Lipinski definition) is 3. The third kappa shape index (κ3) is 2.73. The Balaban J connectivity index is 2.60. The fraction of sp³-hybridized carbons (Fsp3) is 0.400. The molecule has 0 bridgehead atoms. The lowest BCUT2D eigenvalue weighted by Gasteiger charge is -2.09. The summed E-state index contributed by atoms with van der Waals surface area (Å²) >= 11 is 0. The molecule has 1 atom stereocenters. The van der Waals surface area contributed by atoms with E-state index in [1.807, 2.05) is 13.8 Å². The van der Waals surface area contributed by atoms with Gasteiger partial charge >= 0.3 is 0 Å². The maximum absolute atomic E-state index is 11.5. The van der Waals surface area contributed by atoms with Crippen molar-refractivity contribution < 1.29 is 4.79 Å². The first-order valence-electron chi connectivity index (χ1n) is 4.66. The van der Waals surface area contributed by atoms with Crippen molar-refractivity contribution in [1.82, 2.24) is 4.98 Å². The molecular formula is C10H15N3O. The number of aromatic nitrogens is 1. The van der Waals surface area contributed by atoms with Crippen molar-refractivity contribution >= 4 is 17.4 Å². The Morgan fingerprint density at radius 2 is 2.36 bits per heavy atom.